The van der Waals surface area contributed by atoms with Gasteiger partial charge in [0.1, 0.15) is 5.82 Å². The number of aryl methyl sites for hydroxylation is 1. The van der Waals surface area contributed by atoms with Gasteiger partial charge in [-0.3, -0.25) is 0 Å². The van der Waals surface area contributed by atoms with Gasteiger partial charge < -0.3 is 4.57 Å². The number of hydrogen-bond acceptors (Lipinski definition) is 1. The molecule has 78 valence electrons. The van der Waals surface area contributed by atoms with Crippen molar-refractivity contribution in [2.45, 2.75) is 6.92 Å². The summed E-state index contributed by atoms with van der Waals surface area (Å²) >= 11 is 0. The molecule has 0 unspecified atom stereocenters. The van der Waals surface area contributed by atoms with Crippen LogP contribution < -0.4 is 0 Å². The van der Waals surface area contributed by atoms with Gasteiger partial charge in [-0.2, -0.15) is 0 Å². The van der Waals surface area contributed by atoms with E-state index in [1.165, 1.54) is 16.5 Å². The predicted molar refractivity (Wildman–Crippen MR) is 65.8 cm³/mol. The minimum Gasteiger partial charge on any atom is -0.301 e. The first-order valence-electron chi connectivity index (χ1n) is 5.34. The topological polar surface area (TPSA) is 17.8 Å². The number of benzene rings is 1. The fourth-order valence-electron chi connectivity index (χ4n) is 2.06. The van der Waals surface area contributed by atoms with Gasteiger partial charge in [-0.05, 0) is 30.7 Å². The van der Waals surface area contributed by atoms with Crippen molar-refractivity contribution in [1.82, 2.24) is 9.55 Å². The van der Waals surface area contributed by atoms with Crippen LogP contribution in [0.5, 0.6) is 0 Å². The second kappa shape index (κ2) is 3.49. The van der Waals surface area contributed by atoms with Crippen LogP contribution in [0.4, 0.5) is 0 Å². The number of para-hydroxylation sites is 1. The van der Waals surface area contributed by atoms with Gasteiger partial charge in [0.15, 0.2) is 0 Å². The first-order chi connectivity index (χ1) is 7.86. The fourth-order valence-corrected chi connectivity index (χ4v) is 2.06. The van der Waals surface area contributed by atoms with E-state index in [0.29, 0.717) is 0 Å². The van der Waals surface area contributed by atoms with E-state index in [9.17, 15) is 0 Å². The zero-order chi connectivity index (χ0) is 11.0. The van der Waals surface area contributed by atoms with Gasteiger partial charge in [0.05, 0.1) is 5.52 Å². The maximum absolute atomic E-state index is 4.38. The monoisotopic (exact) mass is 208 g/mol. The molecule has 3 rings (SSSR count). The quantitative estimate of drug-likeness (QED) is 0.599. The van der Waals surface area contributed by atoms with Crippen LogP contribution in [0.1, 0.15) is 5.56 Å². The highest BCUT2D eigenvalue weighted by Crippen LogP contribution is 2.22. The molecular weight excluding hydrogens is 196 g/mol. The lowest BCUT2D eigenvalue weighted by molar-refractivity contribution is 1.04. The Morgan fingerprint density at radius 2 is 1.94 bits per heavy atom. The van der Waals surface area contributed by atoms with E-state index in [2.05, 4.69) is 46.9 Å². The summed E-state index contributed by atoms with van der Waals surface area (Å²) in [4.78, 5) is 4.38. The van der Waals surface area contributed by atoms with Crippen molar-refractivity contribution in [2.24, 2.45) is 0 Å². The molecule has 2 nitrogen and oxygen atoms in total. The van der Waals surface area contributed by atoms with E-state index in [1.54, 1.807) is 0 Å². The molecule has 0 bridgehead atoms. The number of rotatable bonds is 1. The van der Waals surface area contributed by atoms with E-state index in [4.69, 9.17) is 0 Å². The number of nitrogens with zero attached hydrogens (tertiary/aromatic N) is 2. The van der Waals surface area contributed by atoms with Gasteiger partial charge in [0.25, 0.3) is 0 Å². The largest absolute Gasteiger partial charge is 0.301 e. The molecule has 1 aromatic carbocycles. The summed E-state index contributed by atoms with van der Waals surface area (Å²) in [5.74, 6) is 0.965. The molecule has 0 aliphatic rings. The molecule has 0 fully saturated rings. The summed E-state index contributed by atoms with van der Waals surface area (Å²) < 4.78 is 2.13. The third-order valence-electron chi connectivity index (χ3n) is 2.81. The number of fused-ring (bicyclic) bond motifs is 1. The third-order valence-corrected chi connectivity index (χ3v) is 2.81. The van der Waals surface area contributed by atoms with Crippen molar-refractivity contribution >= 4 is 10.9 Å². The van der Waals surface area contributed by atoms with Crippen molar-refractivity contribution < 1.29 is 0 Å². The summed E-state index contributed by atoms with van der Waals surface area (Å²) in [6.45, 7) is 2.13. The highest BCUT2D eigenvalue weighted by atomic mass is 15.0. The minimum absolute atomic E-state index is 0.965. The Morgan fingerprint density at radius 3 is 2.75 bits per heavy atom. The molecule has 0 aliphatic heterocycles. The Kier molecular flexibility index (Phi) is 2.00. The molecule has 0 aliphatic carbocycles. The Bertz CT molecular complexity index is 624. The van der Waals surface area contributed by atoms with Crippen molar-refractivity contribution in [3.8, 4) is 5.82 Å². The Hall–Kier alpha value is -2.09. The Labute approximate surface area is 94.2 Å². The third kappa shape index (κ3) is 1.31. The summed E-state index contributed by atoms with van der Waals surface area (Å²) in [6, 6.07) is 14.4. The lowest BCUT2D eigenvalue weighted by Crippen LogP contribution is -1.95. The molecule has 2 heteroatoms. The molecule has 16 heavy (non-hydrogen) atoms. The molecule has 0 radical (unpaired) electrons. The fraction of sp³-hybridized carbons (Fsp3) is 0.0714. The zero-order valence-electron chi connectivity index (χ0n) is 9.09. The summed E-state index contributed by atoms with van der Waals surface area (Å²) in [5.41, 5.74) is 2.51. The lowest BCUT2D eigenvalue weighted by atomic mass is 10.2. The van der Waals surface area contributed by atoms with Crippen LogP contribution in [0.3, 0.4) is 0 Å². The van der Waals surface area contributed by atoms with Crippen LogP contribution >= 0.6 is 0 Å². The number of pyridine rings is 1. The summed E-state index contributed by atoms with van der Waals surface area (Å²) in [5, 5.41) is 1.26. The van der Waals surface area contributed by atoms with Crippen molar-refractivity contribution in [1.29, 1.82) is 0 Å². The summed E-state index contributed by atoms with van der Waals surface area (Å²) in [7, 11) is 0. The second-order valence-corrected chi connectivity index (χ2v) is 3.89. The smallest absolute Gasteiger partial charge is 0.137 e. The van der Waals surface area contributed by atoms with Crippen LogP contribution in [-0.2, 0) is 0 Å². The first-order valence-corrected chi connectivity index (χ1v) is 5.34. The van der Waals surface area contributed by atoms with E-state index in [0.717, 1.165) is 5.82 Å². The van der Waals surface area contributed by atoms with Crippen molar-refractivity contribution in [3.63, 3.8) is 0 Å². The maximum Gasteiger partial charge on any atom is 0.137 e. The van der Waals surface area contributed by atoms with Gasteiger partial charge in [0.2, 0.25) is 0 Å². The molecule has 2 heterocycles. The molecule has 0 N–H and O–H groups in total. The molecule has 0 amide bonds. The Morgan fingerprint density at radius 1 is 1.00 bits per heavy atom. The molecule has 0 spiro atoms. The zero-order valence-corrected chi connectivity index (χ0v) is 9.09. The van der Waals surface area contributed by atoms with Crippen molar-refractivity contribution in [2.75, 3.05) is 0 Å². The standard InChI is InChI=1S/C14H12N2/c1-11-5-4-6-12-8-10-16(14(11)12)13-7-2-3-9-15-13/h2-10H,1H3. The van der Waals surface area contributed by atoms with Gasteiger partial charge in [-0.1, -0.05) is 24.3 Å². The van der Waals surface area contributed by atoms with Crippen LogP contribution in [0.2, 0.25) is 0 Å². The average molecular weight is 208 g/mol. The Balaban J connectivity index is 2.33. The van der Waals surface area contributed by atoms with Crippen LogP contribution in [-0.4, -0.2) is 9.55 Å². The maximum atomic E-state index is 4.38. The molecule has 2 aromatic heterocycles. The van der Waals surface area contributed by atoms with E-state index in [1.807, 2.05) is 24.4 Å². The molecular formula is C14H12N2. The highest BCUT2D eigenvalue weighted by Gasteiger charge is 2.05. The normalized spacial score (nSPS) is 10.8. The minimum atomic E-state index is 0.965. The SMILES string of the molecule is Cc1cccc2ccn(-c3ccccn3)c12. The van der Waals surface area contributed by atoms with E-state index >= 15 is 0 Å². The summed E-state index contributed by atoms with van der Waals surface area (Å²) in [6.07, 6.45) is 3.89. The van der Waals surface area contributed by atoms with Gasteiger partial charge in [-0.25, -0.2) is 4.98 Å². The van der Waals surface area contributed by atoms with Gasteiger partial charge >= 0.3 is 0 Å². The second-order valence-electron chi connectivity index (χ2n) is 3.89. The van der Waals surface area contributed by atoms with Crippen molar-refractivity contribution in [3.05, 3.63) is 60.4 Å². The lowest BCUT2D eigenvalue weighted by Gasteiger charge is -2.05. The molecule has 0 saturated carbocycles. The predicted octanol–water partition coefficient (Wildman–Crippen LogP) is 3.33. The average Bonchev–Trinajstić information content (AvgIpc) is 2.75. The van der Waals surface area contributed by atoms with E-state index in [-0.39, 0.29) is 0 Å². The number of aromatic nitrogens is 2. The molecule has 0 saturated heterocycles. The van der Waals surface area contributed by atoms with Crippen LogP contribution in [0.25, 0.3) is 16.7 Å². The van der Waals surface area contributed by atoms with Crippen LogP contribution in [0.15, 0.2) is 54.9 Å². The first kappa shape index (κ1) is 9.16. The highest BCUT2D eigenvalue weighted by molar-refractivity contribution is 5.84. The van der Waals surface area contributed by atoms with Gasteiger partial charge in [0, 0.05) is 17.8 Å². The number of hydrogen-bond donors (Lipinski definition) is 0. The molecule has 3 aromatic rings. The van der Waals surface area contributed by atoms with E-state index < -0.39 is 0 Å². The molecule has 0 atom stereocenters. The van der Waals surface area contributed by atoms with Gasteiger partial charge in [-0.15, -0.1) is 0 Å². The van der Waals surface area contributed by atoms with Crippen LogP contribution in [0, 0.1) is 6.92 Å².